The fourth-order valence-corrected chi connectivity index (χ4v) is 2.27. The SMILES string of the molecule is COc1ccc(C(=O)Cc2ccc(Cl)c(Cl)c2)cc1OC. The van der Waals surface area contributed by atoms with Crippen LogP contribution in [0.4, 0.5) is 0 Å². The number of halogens is 2. The number of rotatable bonds is 5. The molecule has 21 heavy (non-hydrogen) atoms. The molecule has 2 rings (SSSR count). The van der Waals surface area contributed by atoms with Crippen molar-refractivity contribution >= 4 is 29.0 Å². The lowest BCUT2D eigenvalue weighted by Crippen LogP contribution is -2.04. The number of ketones is 1. The van der Waals surface area contributed by atoms with Gasteiger partial charge in [-0.3, -0.25) is 4.79 Å². The van der Waals surface area contributed by atoms with E-state index >= 15 is 0 Å². The molecule has 0 saturated heterocycles. The zero-order valence-corrected chi connectivity index (χ0v) is 13.2. The van der Waals surface area contributed by atoms with E-state index in [0.29, 0.717) is 27.1 Å². The lowest BCUT2D eigenvalue weighted by molar-refractivity contribution is 0.0992. The number of carbonyl (C=O) groups is 1. The molecule has 5 heteroatoms. The Kier molecular flexibility index (Phi) is 5.10. The number of hydrogen-bond acceptors (Lipinski definition) is 3. The number of methoxy groups -OCH3 is 2. The van der Waals surface area contributed by atoms with Gasteiger partial charge in [0.05, 0.1) is 24.3 Å². The van der Waals surface area contributed by atoms with Crippen LogP contribution in [-0.4, -0.2) is 20.0 Å². The molecule has 0 atom stereocenters. The summed E-state index contributed by atoms with van der Waals surface area (Å²) < 4.78 is 10.3. The third-order valence-corrected chi connectivity index (χ3v) is 3.79. The van der Waals surface area contributed by atoms with Crippen molar-refractivity contribution < 1.29 is 14.3 Å². The second-order valence-corrected chi connectivity index (χ2v) is 5.23. The molecule has 0 saturated carbocycles. The van der Waals surface area contributed by atoms with Crippen molar-refractivity contribution in [3.05, 3.63) is 57.6 Å². The van der Waals surface area contributed by atoms with Gasteiger partial charge in [-0.15, -0.1) is 0 Å². The first-order valence-corrected chi connectivity index (χ1v) is 7.00. The number of carbonyl (C=O) groups excluding carboxylic acids is 1. The summed E-state index contributed by atoms with van der Waals surface area (Å²) in [5.41, 5.74) is 1.36. The highest BCUT2D eigenvalue weighted by molar-refractivity contribution is 6.42. The molecule has 0 aliphatic carbocycles. The standard InChI is InChI=1S/C16H14Cl2O3/c1-20-15-6-4-11(9-16(15)21-2)14(19)8-10-3-5-12(17)13(18)7-10/h3-7,9H,8H2,1-2H3. The van der Waals surface area contributed by atoms with E-state index in [9.17, 15) is 4.79 Å². The summed E-state index contributed by atoms with van der Waals surface area (Å²) in [6, 6.07) is 10.2. The largest absolute Gasteiger partial charge is 0.493 e. The number of benzene rings is 2. The summed E-state index contributed by atoms with van der Waals surface area (Å²) in [5.74, 6) is 1.08. The Labute approximate surface area is 133 Å². The first-order chi connectivity index (χ1) is 10.0. The maximum Gasteiger partial charge on any atom is 0.167 e. The van der Waals surface area contributed by atoms with Gasteiger partial charge in [-0.2, -0.15) is 0 Å². The second-order valence-electron chi connectivity index (χ2n) is 4.42. The normalized spacial score (nSPS) is 10.3. The van der Waals surface area contributed by atoms with Crippen LogP contribution in [0.5, 0.6) is 11.5 Å². The van der Waals surface area contributed by atoms with Gasteiger partial charge in [-0.05, 0) is 35.9 Å². The maximum atomic E-state index is 12.3. The molecule has 0 radical (unpaired) electrons. The van der Waals surface area contributed by atoms with Crippen molar-refractivity contribution in [1.29, 1.82) is 0 Å². The Hall–Kier alpha value is -1.71. The van der Waals surface area contributed by atoms with Crippen molar-refractivity contribution in [2.45, 2.75) is 6.42 Å². The van der Waals surface area contributed by atoms with Crippen molar-refractivity contribution in [1.82, 2.24) is 0 Å². The molecule has 2 aromatic carbocycles. The summed E-state index contributed by atoms with van der Waals surface area (Å²) in [6.07, 6.45) is 0.242. The minimum atomic E-state index is -0.0330. The molecule has 0 aliphatic heterocycles. The molecule has 0 fully saturated rings. The lowest BCUT2D eigenvalue weighted by atomic mass is 10.0. The Bertz CT molecular complexity index is 669. The van der Waals surface area contributed by atoms with Gasteiger partial charge in [0.25, 0.3) is 0 Å². The van der Waals surface area contributed by atoms with Crippen LogP contribution in [0.25, 0.3) is 0 Å². The van der Waals surface area contributed by atoms with Gasteiger partial charge in [0.1, 0.15) is 0 Å². The monoisotopic (exact) mass is 324 g/mol. The lowest BCUT2D eigenvalue weighted by Gasteiger charge is -2.09. The summed E-state index contributed by atoms with van der Waals surface area (Å²) in [5, 5.41) is 0.910. The molecule has 0 bridgehead atoms. The second kappa shape index (κ2) is 6.83. The Balaban J connectivity index is 2.21. The first kappa shape index (κ1) is 15.7. The van der Waals surface area contributed by atoms with Crippen LogP contribution in [0.3, 0.4) is 0 Å². The van der Waals surface area contributed by atoms with Crippen LogP contribution in [0, 0.1) is 0 Å². The Morgan fingerprint density at radius 1 is 0.952 bits per heavy atom. The van der Waals surface area contributed by atoms with Gasteiger partial charge in [0.2, 0.25) is 0 Å². The van der Waals surface area contributed by atoms with Gasteiger partial charge >= 0.3 is 0 Å². The van der Waals surface area contributed by atoms with Crippen LogP contribution >= 0.6 is 23.2 Å². The van der Waals surface area contributed by atoms with E-state index in [2.05, 4.69) is 0 Å². The topological polar surface area (TPSA) is 35.5 Å². The third kappa shape index (κ3) is 3.69. The van der Waals surface area contributed by atoms with E-state index in [1.807, 2.05) is 0 Å². The fraction of sp³-hybridized carbons (Fsp3) is 0.188. The van der Waals surface area contributed by atoms with E-state index in [1.165, 1.54) is 7.11 Å². The van der Waals surface area contributed by atoms with Crippen molar-refractivity contribution in [3.63, 3.8) is 0 Å². The van der Waals surface area contributed by atoms with E-state index in [-0.39, 0.29) is 12.2 Å². The molecule has 110 valence electrons. The predicted octanol–water partition coefficient (Wildman–Crippen LogP) is 4.44. The molecule has 0 amide bonds. The highest BCUT2D eigenvalue weighted by Gasteiger charge is 2.12. The van der Waals surface area contributed by atoms with Crippen LogP contribution in [-0.2, 0) is 6.42 Å². The van der Waals surface area contributed by atoms with E-state index in [4.69, 9.17) is 32.7 Å². The molecule has 0 aliphatic rings. The predicted molar refractivity (Wildman–Crippen MR) is 84.0 cm³/mol. The van der Waals surface area contributed by atoms with Crippen LogP contribution in [0.2, 0.25) is 10.0 Å². The minimum Gasteiger partial charge on any atom is -0.493 e. The quantitative estimate of drug-likeness (QED) is 0.763. The van der Waals surface area contributed by atoms with Gasteiger partial charge in [0.15, 0.2) is 17.3 Å². The van der Waals surface area contributed by atoms with Crippen molar-refractivity contribution in [3.8, 4) is 11.5 Å². The van der Waals surface area contributed by atoms with Crippen molar-refractivity contribution in [2.24, 2.45) is 0 Å². The summed E-state index contributed by atoms with van der Waals surface area (Å²) in [6.45, 7) is 0. The summed E-state index contributed by atoms with van der Waals surface area (Å²) >= 11 is 11.8. The van der Waals surface area contributed by atoms with Crippen molar-refractivity contribution in [2.75, 3.05) is 14.2 Å². The molecule has 0 heterocycles. The summed E-state index contributed by atoms with van der Waals surface area (Å²) in [4.78, 5) is 12.3. The fourth-order valence-electron chi connectivity index (χ4n) is 1.95. The van der Waals surface area contributed by atoms with Crippen LogP contribution < -0.4 is 9.47 Å². The Morgan fingerprint density at radius 2 is 1.67 bits per heavy atom. The third-order valence-electron chi connectivity index (χ3n) is 3.05. The average Bonchev–Trinajstić information content (AvgIpc) is 2.50. The molecule has 3 nitrogen and oxygen atoms in total. The first-order valence-electron chi connectivity index (χ1n) is 6.24. The molecule has 0 unspecified atom stereocenters. The van der Waals surface area contributed by atoms with Gasteiger partial charge in [-0.1, -0.05) is 29.3 Å². The summed E-state index contributed by atoms with van der Waals surface area (Å²) in [7, 11) is 3.08. The van der Waals surface area contributed by atoms with Gasteiger partial charge in [0, 0.05) is 12.0 Å². The zero-order chi connectivity index (χ0) is 15.4. The maximum absolute atomic E-state index is 12.3. The molecular weight excluding hydrogens is 311 g/mol. The van der Waals surface area contributed by atoms with E-state index in [0.717, 1.165) is 5.56 Å². The molecule has 0 spiro atoms. The van der Waals surface area contributed by atoms with Crippen LogP contribution in [0.1, 0.15) is 15.9 Å². The van der Waals surface area contributed by atoms with Gasteiger partial charge < -0.3 is 9.47 Å². The molecule has 2 aromatic rings. The number of ether oxygens (including phenoxy) is 2. The molecular formula is C16H14Cl2O3. The van der Waals surface area contributed by atoms with E-state index in [1.54, 1.807) is 43.5 Å². The van der Waals surface area contributed by atoms with Gasteiger partial charge in [-0.25, -0.2) is 0 Å². The smallest absolute Gasteiger partial charge is 0.167 e. The Morgan fingerprint density at radius 3 is 2.29 bits per heavy atom. The number of Topliss-reactive ketones (excluding diaryl/α,β-unsaturated/α-hetero) is 1. The van der Waals surface area contributed by atoms with E-state index < -0.39 is 0 Å². The van der Waals surface area contributed by atoms with Crippen LogP contribution in [0.15, 0.2) is 36.4 Å². The zero-order valence-electron chi connectivity index (χ0n) is 11.7. The highest BCUT2D eigenvalue weighted by atomic mass is 35.5. The molecule has 0 aromatic heterocycles. The number of hydrogen-bond donors (Lipinski definition) is 0. The minimum absolute atomic E-state index is 0.0330. The average molecular weight is 325 g/mol. The molecule has 0 N–H and O–H groups in total. The highest BCUT2D eigenvalue weighted by Crippen LogP contribution is 2.28.